The Morgan fingerprint density at radius 2 is 1.45 bits per heavy atom. The van der Waals surface area contributed by atoms with Crippen LogP contribution in [0, 0.1) is 17.8 Å². The van der Waals surface area contributed by atoms with Gasteiger partial charge in [0.15, 0.2) is 0 Å². The number of para-hydroxylation sites is 2. The van der Waals surface area contributed by atoms with Gasteiger partial charge in [0.2, 0.25) is 0 Å². The monoisotopic (exact) mass is 433 g/mol. The van der Waals surface area contributed by atoms with Crippen LogP contribution in [0.4, 0.5) is 17.1 Å². The van der Waals surface area contributed by atoms with E-state index in [0.29, 0.717) is 11.3 Å². The van der Waals surface area contributed by atoms with E-state index in [-0.39, 0.29) is 36.3 Å². The van der Waals surface area contributed by atoms with E-state index < -0.39 is 0 Å². The zero-order valence-electron chi connectivity index (χ0n) is 16.4. The van der Waals surface area contributed by atoms with Crippen LogP contribution in [0.2, 0.25) is 0 Å². The summed E-state index contributed by atoms with van der Waals surface area (Å²) in [4.78, 5) is 12.7. The highest BCUT2D eigenvalue weighted by atomic mass is 35.5. The van der Waals surface area contributed by atoms with Gasteiger partial charge in [0.05, 0.1) is 11.4 Å². The average molecular weight is 434 g/mol. The molecule has 0 heterocycles. The minimum Gasteiger partial charge on any atom is -0.399 e. The van der Waals surface area contributed by atoms with E-state index in [1.807, 2.05) is 24.3 Å². The van der Waals surface area contributed by atoms with Crippen molar-refractivity contribution in [1.82, 2.24) is 0 Å². The Labute approximate surface area is 184 Å². The number of halogens is 2. The van der Waals surface area contributed by atoms with Crippen molar-refractivity contribution in [3.8, 4) is 0 Å². The van der Waals surface area contributed by atoms with Crippen LogP contribution in [0.1, 0.15) is 48.9 Å². The van der Waals surface area contributed by atoms with Crippen molar-refractivity contribution in [1.29, 1.82) is 0 Å². The molecule has 29 heavy (non-hydrogen) atoms. The van der Waals surface area contributed by atoms with Gasteiger partial charge in [-0.2, -0.15) is 0 Å². The van der Waals surface area contributed by atoms with E-state index in [9.17, 15) is 4.79 Å². The lowest BCUT2D eigenvalue weighted by Gasteiger charge is -2.57. The molecule has 0 unspecified atom stereocenters. The van der Waals surface area contributed by atoms with Crippen molar-refractivity contribution in [3.63, 3.8) is 0 Å². The van der Waals surface area contributed by atoms with Gasteiger partial charge in [-0.25, -0.2) is 0 Å². The number of anilines is 3. The molecule has 4 N–H and O–H groups in total. The van der Waals surface area contributed by atoms with Crippen LogP contribution in [0.5, 0.6) is 0 Å². The second-order valence-corrected chi connectivity index (χ2v) is 8.95. The van der Waals surface area contributed by atoms with Crippen molar-refractivity contribution in [2.24, 2.45) is 17.8 Å². The molecule has 4 saturated carbocycles. The molecule has 0 atom stereocenters. The third kappa shape index (κ3) is 4.34. The van der Waals surface area contributed by atoms with E-state index in [1.165, 1.54) is 38.5 Å². The van der Waals surface area contributed by atoms with Crippen LogP contribution >= 0.6 is 24.8 Å². The molecule has 4 aliphatic rings. The number of nitrogens with one attached hydrogen (secondary N) is 2. The van der Waals surface area contributed by atoms with E-state index in [1.54, 1.807) is 18.2 Å². The van der Waals surface area contributed by atoms with Gasteiger partial charge in [-0.05, 0) is 86.6 Å². The number of rotatable bonds is 4. The predicted octanol–water partition coefficient (Wildman–Crippen LogP) is 5.75. The summed E-state index contributed by atoms with van der Waals surface area (Å²) < 4.78 is 0. The van der Waals surface area contributed by atoms with Crippen molar-refractivity contribution in [2.45, 2.75) is 44.1 Å². The van der Waals surface area contributed by atoms with Gasteiger partial charge in [-0.1, -0.05) is 18.2 Å². The molecule has 4 aliphatic carbocycles. The largest absolute Gasteiger partial charge is 0.399 e. The summed E-state index contributed by atoms with van der Waals surface area (Å²) >= 11 is 0. The number of carbonyl (C=O) groups excluding carboxylic acids is 1. The van der Waals surface area contributed by atoms with Gasteiger partial charge in [-0.3, -0.25) is 4.79 Å². The molecule has 2 aromatic carbocycles. The summed E-state index contributed by atoms with van der Waals surface area (Å²) in [5.41, 5.74) is 9.11. The molecular weight excluding hydrogens is 405 g/mol. The standard InChI is InChI=1S/C23H27N3O.2ClH/c24-19-5-3-4-18(11-19)22(27)25-20-6-1-2-7-21(20)26-23-12-15-8-16(13-23)10-17(9-15)14-23;;/h1-7,11,15-17,26H,8-10,12-14,24H2,(H,25,27);2*1H. The van der Waals surface area contributed by atoms with Crippen LogP contribution in [0.15, 0.2) is 48.5 Å². The molecule has 0 spiro atoms. The van der Waals surface area contributed by atoms with Crippen molar-refractivity contribution < 1.29 is 4.79 Å². The molecule has 0 aliphatic heterocycles. The highest BCUT2D eigenvalue weighted by Gasteiger charge is 2.51. The number of amides is 1. The fraction of sp³-hybridized carbons (Fsp3) is 0.435. The topological polar surface area (TPSA) is 67.2 Å². The zero-order valence-corrected chi connectivity index (χ0v) is 18.0. The second kappa shape index (κ2) is 8.45. The quantitative estimate of drug-likeness (QED) is 0.537. The molecule has 4 nitrogen and oxygen atoms in total. The summed E-state index contributed by atoms with van der Waals surface area (Å²) in [6.45, 7) is 0. The molecule has 4 fully saturated rings. The fourth-order valence-electron chi connectivity index (χ4n) is 6.12. The Kier molecular flexibility index (Phi) is 6.35. The second-order valence-electron chi connectivity index (χ2n) is 8.95. The van der Waals surface area contributed by atoms with Crippen LogP contribution < -0.4 is 16.4 Å². The van der Waals surface area contributed by atoms with Gasteiger partial charge in [0.25, 0.3) is 5.91 Å². The third-order valence-electron chi connectivity index (χ3n) is 6.76. The van der Waals surface area contributed by atoms with Gasteiger partial charge in [0, 0.05) is 16.8 Å². The fourth-order valence-corrected chi connectivity index (χ4v) is 6.12. The van der Waals surface area contributed by atoms with Crippen molar-refractivity contribution >= 4 is 47.8 Å². The van der Waals surface area contributed by atoms with E-state index >= 15 is 0 Å². The van der Waals surface area contributed by atoms with Crippen molar-refractivity contribution in [3.05, 3.63) is 54.1 Å². The average Bonchev–Trinajstić information content (AvgIpc) is 2.62. The molecule has 2 aromatic rings. The van der Waals surface area contributed by atoms with Gasteiger partial charge >= 0.3 is 0 Å². The maximum atomic E-state index is 12.7. The minimum absolute atomic E-state index is 0. The number of benzene rings is 2. The maximum absolute atomic E-state index is 12.7. The molecule has 1 amide bonds. The first-order valence-corrected chi connectivity index (χ1v) is 10.1. The number of hydrogen-bond acceptors (Lipinski definition) is 3. The molecule has 6 heteroatoms. The summed E-state index contributed by atoms with van der Waals surface area (Å²) in [5.74, 6) is 2.54. The van der Waals surface area contributed by atoms with Crippen LogP contribution in [-0.4, -0.2) is 11.4 Å². The Bertz CT molecular complexity index is 851. The maximum Gasteiger partial charge on any atom is 0.255 e. The van der Waals surface area contributed by atoms with Gasteiger partial charge in [0.1, 0.15) is 0 Å². The van der Waals surface area contributed by atoms with E-state index in [0.717, 1.165) is 29.1 Å². The van der Waals surface area contributed by atoms with Crippen LogP contribution in [0.25, 0.3) is 0 Å². The Morgan fingerprint density at radius 3 is 2.03 bits per heavy atom. The first kappa shape index (κ1) is 21.8. The van der Waals surface area contributed by atoms with Crippen LogP contribution in [-0.2, 0) is 0 Å². The summed E-state index contributed by atoms with van der Waals surface area (Å²) in [5, 5.41) is 6.96. The summed E-state index contributed by atoms with van der Waals surface area (Å²) in [6.07, 6.45) is 8.10. The zero-order chi connectivity index (χ0) is 18.4. The van der Waals surface area contributed by atoms with Gasteiger partial charge < -0.3 is 16.4 Å². The first-order chi connectivity index (χ1) is 13.1. The third-order valence-corrected chi connectivity index (χ3v) is 6.76. The van der Waals surface area contributed by atoms with E-state index in [4.69, 9.17) is 5.73 Å². The number of hydrogen-bond donors (Lipinski definition) is 3. The minimum atomic E-state index is -0.123. The highest BCUT2D eigenvalue weighted by Crippen LogP contribution is 2.56. The highest BCUT2D eigenvalue weighted by molar-refractivity contribution is 6.06. The van der Waals surface area contributed by atoms with E-state index in [2.05, 4.69) is 16.7 Å². The molecule has 0 radical (unpaired) electrons. The van der Waals surface area contributed by atoms with Crippen molar-refractivity contribution in [2.75, 3.05) is 16.4 Å². The number of carbonyl (C=O) groups is 1. The molecule has 0 saturated heterocycles. The Balaban J connectivity index is 0.00000120. The molecule has 6 rings (SSSR count). The molecule has 156 valence electrons. The first-order valence-electron chi connectivity index (χ1n) is 10.1. The summed E-state index contributed by atoms with van der Waals surface area (Å²) in [7, 11) is 0. The Hall–Kier alpha value is -1.91. The number of nitrogen functional groups attached to an aromatic ring is 1. The summed E-state index contributed by atoms with van der Waals surface area (Å²) in [6, 6.07) is 15.2. The lowest BCUT2D eigenvalue weighted by molar-refractivity contribution is 0.0107. The molecular formula is C23H29Cl2N3O. The SMILES string of the molecule is Cl.Cl.Nc1cccc(C(=O)Nc2ccccc2NC23CC4CC(CC(C4)C2)C3)c1. The molecule has 4 bridgehead atoms. The Morgan fingerprint density at radius 1 is 0.862 bits per heavy atom. The smallest absolute Gasteiger partial charge is 0.255 e. The lowest BCUT2D eigenvalue weighted by Crippen LogP contribution is -2.54. The van der Waals surface area contributed by atoms with Crippen LogP contribution in [0.3, 0.4) is 0 Å². The normalized spacial score (nSPS) is 28.8. The molecule has 0 aromatic heterocycles. The lowest BCUT2D eigenvalue weighted by atomic mass is 9.53. The van der Waals surface area contributed by atoms with Gasteiger partial charge in [-0.15, -0.1) is 24.8 Å². The predicted molar refractivity (Wildman–Crippen MR) is 124 cm³/mol. The number of nitrogens with two attached hydrogens (primary N) is 1.